The fraction of sp³-hybridized carbons (Fsp3) is 0.889. The molecule has 1 aliphatic heterocycles. The third kappa shape index (κ3) is 1.22. The summed E-state index contributed by atoms with van der Waals surface area (Å²) in [5.41, 5.74) is 5.60. The molecule has 1 aliphatic carbocycles. The quantitative estimate of drug-likeness (QED) is 0.640. The summed E-state index contributed by atoms with van der Waals surface area (Å²) in [6.07, 6.45) is 2.26. The van der Waals surface area contributed by atoms with E-state index in [1.165, 1.54) is 0 Å². The molecule has 1 heterocycles. The van der Waals surface area contributed by atoms with E-state index < -0.39 is 0 Å². The molecule has 2 N–H and O–H groups in total. The number of carbonyl (C=O) groups excluding carboxylic acids is 1. The smallest absolute Gasteiger partial charge is 0.226 e. The van der Waals surface area contributed by atoms with Crippen molar-refractivity contribution < 1.29 is 4.79 Å². The highest BCUT2D eigenvalue weighted by Gasteiger charge is 2.45. The number of rotatable bonds is 2. The number of carbonyl (C=O) groups is 1. The van der Waals surface area contributed by atoms with Gasteiger partial charge in [-0.05, 0) is 12.3 Å². The maximum Gasteiger partial charge on any atom is 0.226 e. The summed E-state index contributed by atoms with van der Waals surface area (Å²) in [6.45, 7) is 3.72. The Morgan fingerprint density at radius 3 is 2.67 bits per heavy atom. The number of hydrogen-bond donors (Lipinski definition) is 1. The zero-order valence-electron chi connectivity index (χ0n) is 7.49. The number of amides is 1. The molecule has 2 aliphatic rings. The van der Waals surface area contributed by atoms with Crippen molar-refractivity contribution in [1.82, 2.24) is 4.90 Å². The minimum Gasteiger partial charge on any atom is -0.339 e. The van der Waals surface area contributed by atoms with E-state index in [1.807, 2.05) is 4.90 Å². The predicted octanol–water partition coefficient (Wildman–Crippen LogP) is 0.202. The van der Waals surface area contributed by atoms with Gasteiger partial charge in [-0.3, -0.25) is 4.79 Å². The lowest BCUT2D eigenvalue weighted by Gasteiger charge is -2.37. The van der Waals surface area contributed by atoms with Crippen LogP contribution in [0.1, 0.15) is 19.8 Å². The van der Waals surface area contributed by atoms with E-state index in [2.05, 4.69) is 6.92 Å². The largest absolute Gasteiger partial charge is 0.339 e. The molecule has 3 nitrogen and oxygen atoms in total. The summed E-state index contributed by atoms with van der Waals surface area (Å²) >= 11 is 0. The van der Waals surface area contributed by atoms with Gasteiger partial charge in [0.15, 0.2) is 0 Å². The Bertz CT molecular complexity index is 195. The number of nitrogens with two attached hydrogens (primary N) is 1. The molecule has 0 bridgehead atoms. The summed E-state index contributed by atoms with van der Waals surface area (Å²) < 4.78 is 0. The van der Waals surface area contributed by atoms with Crippen LogP contribution in [0.2, 0.25) is 0 Å². The Morgan fingerprint density at radius 1 is 1.58 bits per heavy atom. The molecule has 0 aromatic rings. The van der Waals surface area contributed by atoms with Crippen LogP contribution in [0.3, 0.4) is 0 Å². The van der Waals surface area contributed by atoms with Gasteiger partial charge in [0.25, 0.3) is 0 Å². The summed E-state index contributed by atoms with van der Waals surface area (Å²) in [5.74, 6) is 1.38. The minimum absolute atomic E-state index is 0.243. The molecule has 12 heavy (non-hydrogen) atoms. The maximum atomic E-state index is 11.6. The van der Waals surface area contributed by atoms with Crippen molar-refractivity contribution in [1.29, 1.82) is 0 Å². The van der Waals surface area contributed by atoms with Crippen molar-refractivity contribution in [2.45, 2.75) is 25.8 Å². The standard InChI is InChI=1S/C9H16N2O/c1-2-6-3-8(6)9(12)11-4-7(10)5-11/h6-8H,2-5,10H2,1H3/t6-,8-/m1/s1. The normalized spacial score (nSPS) is 34.7. The van der Waals surface area contributed by atoms with Crippen molar-refractivity contribution >= 4 is 5.91 Å². The first-order valence-electron chi connectivity index (χ1n) is 4.76. The minimum atomic E-state index is 0.243. The van der Waals surface area contributed by atoms with E-state index in [4.69, 9.17) is 5.73 Å². The van der Waals surface area contributed by atoms with Gasteiger partial charge in [0.2, 0.25) is 5.91 Å². The second kappa shape index (κ2) is 2.73. The lowest BCUT2D eigenvalue weighted by Crippen LogP contribution is -2.58. The Labute approximate surface area is 72.9 Å². The second-order valence-electron chi connectivity index (χ2n) is 4.01. The molecule has 0 aromatic carbocycles. The van der Waals surface area contributed by atoms with Crippen LogP contribution in [0.4, 0.5) is 0 Å². The van der Waals surface area contributed by atoms with E-state index in [9.17, 15) is 4.79 Å². The maximum absolute atomic E-state index is 11.6. The first-order chi connectivity index (χ1) is 5.72. The van der Waals surface area contributed by atoms with Crippen molar-refractivity contribution in [2.24, 2.45) is 17.6 Å². The van der Waals surface area contributed by atoms with Gasteiger partial charge in [-0.15, -0.1) is 0 Å². The van der Waals surface area contributed by atoms with Gasteiger partial charge < -0.3 is 10.6 Å². The van der Waals surface area contributed by atoms with Crippen LogP contribution in [0.15, 0.2) is 0 Å². The molecule has 68 valence electrons. The predicted molar refractivity (Wildman–Crippen MR) is 46.4 cm³/mol. The van der Waals surface area contributed by atoms with E-state index in [1.54, 1.807) is 0 Å². The zero-order chi connectivity index (χ0) is 8.72. The van der Waals surface area contributed by atoms with E-state index in [-0.39, 0.29) is 6.04 Å². The molecule has 1 saturated heterocycles. The fourth-order valence-corrected chi connectivity index (χ4v) is 1.93. The highest BCUT2D eigenvalue weighted by atomic mass is 16.2. The molecule has 2 rings (SSSR count). The van der Waals surface area contributed by atoms with Crippen molar-refractivity contribution in [3.8, 4) is 0 Å². The molecule has 0 spiro atoms. The lowest BCUT2D eigenvalue weighted by atomic mass is 10.1. The first-order valence-corrected chi connectivity index (χ1v) is 4.76. The third-order valence-electron chi connectivity index (χ3n) is 2.99. The van der Waals surface area contributed by atoms with Gasteiger partial charge in [0.1, 0.15) is 0 Å². The van der Waals surface area contributed by atoms with E-state index in [0.29, 0.717) is 17.7 Å². The van der Waals surface area contributed by atoms with Gasteiger partial charge in [0.05, 0.1) is 0 Å². The summed E-state index contributed by atoms with van der Waals surface area (Å²) in [7, 11) is 0. The lowest BCUT2D eigenvalue weighted by molar-refractivity contribution is -0.137. The summed E-state index contributed by atoms with van der Waals surface area (Å²) in [4.78, 5) is 13.5. The molecule has 3 heteroatoms. The van der Waals surface area contributed by atoms with Gasteiger partial charge >= 0.3 is 0 Å². The number of hydrogen-bond acceptors (Lipinski definition) is 2. The van der Waals surface area contributed by atoms with Crippen LogP contribution in [-0.2, 0) is 4.79 Å². The summed E-state index contributed by atoms with van der Waals surface area (Å²) in [5, 5.41) is 0. The molecular formula is C9H16N2O. The van der Waals surface area contributed by atoms with Crippen molar-refractivity contribution in [3.63, 3.8) is 0 Å². The Hall–Kier alpha value is -0.570. The van der Waals surface area contributed by atoms with E-state index >= 15 is 0 Å². The van der Waals surface area contributed by atoms with Crippen molar-refractivity contribution in [3.05, 3.63) is 0 Å². The molecule has 0 unspecified atom stereocenters. The van der Waals surface area contributed by atoms with Gasteiger partial charge in [-0.1, -0.05) is 13.3 Å². The third-order valence-corrected chi connectivity index (χ3v) is 2.99. The monoisotopic (exact) mass is 168 g/mol. The molecular weight excluding hydrogens is 152 g/mol. The van der Waals surface area contributed by atoms with Gasteiger partial charge in [-0.2, -0.15) is 0 Å². The topological polar surface area (TPSA) is 46.3 Å². The highest BCUT2D eigenvalue weighted by molar-refractivity contribution is 5.82. The average molecular weight is 168 g/mol. The van der Waals surface area contributed by atoms with E-state index in [0.717, 1.165) is 25.9 Å². The first kappa shape index (κ1) is 8.05. The van der Waals surface area contributed by atoms with Crippen LogP contribution in [0.5, 0.6) is 0 Å². The van der Waals surface area contributed by atoms with Crippen LogP contribution in [-0.4, -0.2) is 29.9 Å². The number of likely N-dealkylation sites (tertiary alicyclic amines) is 1. The van der Waals surface area contributed by atoms with Crippen LogP contribution in [0.25, 0.3) is 0 Å². The molecule has 1 amide bonds. The molecule has 1 saturated carbocycles. The Morgan fingerprint density at radius 2 is 2.25 bits per heavy atom. The zero-order valence-corrected chi connectivity index (χ0v) is 7.49. The second-order valence-corrected chi connectivity index (χ2v) is 4.01. The van der Waals surface area contributed by atoms with Crippen molar-refractivity contribution in [2.75, 3.05) is 13.1 Å². The summed E-state index contributed by atoms with van der Waals surface area (Å²) in [6, 6.07) is 0.243. The molecule has 0 radical (unpaired) electrons. The number of nitrogens with zero attached hydrogens (tertiary/aromatic N) is 1. The average Bonchev–Trinajstić information content (AvgIpc) is 2.76. The van der Waals surface area contributed by atoms with Gasteiger partial charge in [-0.25, -0.2) is 0 Å². The van der Waals surface area contributed by atoms with Crippen LogP contribution < -0.4 is 5.73 Å². The van der Waals surface area contributed by atoms with Crippen LogP contribution in [0, 0.1) is 11.8 Å². The fourth-order valence-electron chi connectivity index (χ4n) is 1.93. The Balaban J connectivity index is 1.79. The Kier molecular flexibility index (Phi) is 1.83. The van der Waals surface area contributed by atoms with Gasteiger partial charge in [0, 0.05) is 25.0 Å². The molecule has 2 atom stereocenters. The highest BCUT2D eigenvalue weighted by Crippen LogP contribution is 2.42. The SMILES string of the molecule is CC[C@@H]1C[C@H]1C(=O)N1CC(N)C1. The molecule has 2 fully saturated rings. The molecule has 0 aromatic heterocycles. The van der Waals surface area contributed by atoms with Crippen LogP contribution >= 0.6 is 0 Å².